The molecule has 2 rings (SSSR count). The summed E-state index contributed by atoms with van der Waals surface area (Å²) >= 11 is 3.24. The van der Waals surface area contributed by atoms with Gasteiger partial charge in [0, 0.05) is 10.5 Å². The number of rotatable bonds is 3. The Morgan fingerprint density at radius 1 is 1.11 bits per heavy atom. The van der Waals surface area contributed by atoms with Gasteiger partial charge in [0.1, 0.15) is 5.75 Å². The van der Waals surface area contributed by atoms with Crippen LogP contribution in [0.4, 0.5) is 11.4 Å². The van der Waals surface area contributed by atoms with Crippen LogP contribution in [0.1, 0.15) is 0 Å². The number of aromatic hydroxyl groups is 1. The molecule has 0 saturated carbocycles. The predicted octanol–water partition coefficient (Wildman–Crippen LogP) is 2.54. The number of hydrogen-bond donors (Lipinski definition) is 3. The Balaban J connectivity index is 2.33. The molecule has 0 aromatic heterocycles. The molecule has 5 nitrogen and oxygen atoms in total. The number of phenols is 1. The van der Waals surface area contributed by atoms with Crippen LogP contribution in [0, 0.1) is 0 Å². The summed E-state index contributed by atoms with van der Waals surface area (Å²) < 4.78 is 27.4. The first kappa shape index (κ1) is 13.7. The Morgan fingerprint density at radius 3 is 2.32 bits per heavy atom. The van der Waals surface area contributed by atoms with Crippen LogP contribution in [0.3, 0.4) is 0 Å². The summed E-state index contributed by atoms with van der Waals surface area (Å²) in [6, 6.07) is 10.3. The van der Waals surface area contributed by atoms with E-state index in [0.29, 0.717) is 0 Å². The summed E-state index contributed by atoms with van der Waals surface area (Å²) in [5.41, 5.74) is 6.01. The molecule has 7 heteroatoms. The molecule has 0 aliphatic carbocycles. The van der Waals surface area contributed by atoms with E-state index in [1.807, 2.05) is 0 Å². The van der Waals surface area contributed by atoms with Crippen molar-refractivity contribution >= 4 is 37.3 Å². The predicted molar refractivity (Wildman–Crippen MR) is 77.5 cm³/mol. The van der Waals surface area contributed by atoms with Gasteiger partial charge < -0.3 is 10.8 Å². The van der Waals surface area contributed by atoms with E-state index in [4.69, 9.17) is 5.73 Å². The number of nitrogens with one attached hydrogen (secondary N) is 1. The second-order valence-corrected chi connectivity index (χ2v) is 6.43. The van der Waals surface area contributed by atoms with E-state index in [2.05, 4.69) is 20.7 Å². The largest absolute Gasteiger partial charge is 0.508 e. The summed E-state index contributed by atoms with van der Waals surface area (Å²) in [6.45, 7) is 0. The van der Waals surface area contributed by atoms with Gasteiger partial charge >= 0.3 is 0 Å². The van der Waals surface area contributed by atoms with Crippen molar-refractivity contribution in [3.63, 3.8) is 0 Å². The van der Waals surface area contributed by atoms with E-state index < -0.39 is 10.0 Å². The summed E-state index contributed by atoms with van der Waals surface area (Å²) in [4.78, 5) is 0.128. The Kier molecular flexibility index (Phi) is 3.68. The van der Waals surface area contributed by atoms with E-state index in [1.54, 1.807) is 12.1 Å². The minimum atomic E-state index is -3.70. The highest BCUT2D eigenvalue weighted by Gasteiger charge is 2.15. The number of nitrogens with two attached hydrogens (primary N) is 1. The second-order valence-electron chi connectivity index (χ2n) is 3.83. The summed E-state index contributed by atoms with van der Waals surface area (Å²) in [6.07, 6.45) is 0. The molecule has 19 heavy (non-hydrogen) atoms. The average Bonchev–Trinajstić information content (AvgIpc) is 2.33. The molecule has 0 spiro atoms. The van der Waals surface area contributed by atoms with E-state index in [0.717, 1.165) is 4.47 Å². The number of phenolic OH excluding ortho intramolecular Hbond substituents is 1. The molecule has 0 fully saturated rings. The molecule has 0 amide bonds. The minimum Gasteiger partial charge on any atom is -0.508 e. The van der Waals surface area contributed by atoms with Crippen LogP contribution >= 0.6 is 15.9 Å². The molecule has 0 heterocycles. The maximum atomic E-state index is 12.1. The molecule has 0 radical (unpaired) electrons. The number of halogens is 1. The third kappa shape index (κ3) is 3.18. The zero-order valence-corrected chi connectivity index (χ0v) is 12.1. The summed E-state index contributed by atoms with van der Waals surface area (Å²) in [5, 5.41) is 9.22. The Bertz CT molecular complexity index is 699. The lowest BCUT2D eigenvalue weighted by Crippen LogP contribution is -2.13. The monoisotopic (exact) mass is 342 g/mol. The molecule has 0 atom stereocenters. The third-order valence-corrected chi connectivity index (χ3v) is 4.31. The molecule has 100 valence electrons. The smallest absolute Gasteiger partial charge is 0.261 e. The van der Waals surface area contributed by atoms with Crippen LogP contribution in [-0.4, -0.2) is 13.5 Å². The van der Waals surface area contributed by atoms with Crippen molar-refractivity contribution in [2.24, 2.45) is 0 Å². The van der Waals surface area contributed by atoms with Crippen molar-refractivity contribution in [2.45, 2.75) is 4.90 Å². The van der Waals surface area contributed by atoms with Gasteiger partial charge in [0.05, 0.1) is 16.3 Å². The normalized spacial score (nSPS) is 11.2. The van der Waals surface area contributed by atoms with Crippen LogP contribution in [0.25, 0.3) is 0 Å². The maximum Gasteiger partial charge on any atom is 0.261 e. The van der Waals surface area contributed by atoms with Gasteiger partial charge in [0.2, 0.25) is 0 Å². The first-order valence-corrected chi connectivity index (χ1v) is 7.53. The lowest BCUT2D eigenvalue weighted by molar-refractivity contribution is 0.475. The topological polar surface area (TPSA) is 92.4 Å². The Hall–Kier alpha value is -1.73. The third-order valence-electron chi connectivity index (χ3n) is 2.40. The van der Waals surface area contributed by atoms with Crippen LogP contribution in [0.15, 0.2) is 51.8 Å². The molecular formula is C12H11BrN2O3S. The standard InChI is InChI=1S/C12H11BrN2O3S/c13-8-1-4-10(5-2-8)19(17,18)15-12-6-3-9(16)7-11(12)14/h1-7,15-16H,14H2. The van der Waals surface area contributed by atoms with Gasteiger partial charge in [-0.15, -0.1) is 0 Å². The fourth-order valence-electron chi connectivity index (χ4n) is 1.46. The first-order chi connectivity index (χ1) is 8.88. The van der Waals surface area contributed by atoms with Crippen molar-refractivity contribution in [3.05, 3.63) is 46.9 Å². The van der Waals surface area contributed by atoms with Gasteiger partial charge in [0.25, 0.3) is 10.0 Å². The van der Waals surface area contributed by atoms with Crippen molar-refractivity contribution < 1.29 is 13.5 Å². The van der Waals surface area contributed by atoms with Gasteiger partial charge in [-0.1, -0.05) is 15.9 Å². The highest BCUT2D eigenvalue weighted by molar-refractivity contribution is 9.10. The van der Waals surface area contributed by atoms with Crippen LogP contribution < -0.4 is 10.5 Å². The van der Waals surface area contributed by atoms with E-state index in [-0.39, 0.29) is 22.0 Å². The zero-order valence-electron chi connectivity index (χ0n) is 9.67. The molecule has 0 unspecified atom stereocenters. The van der Waals surface area contributed by atoms with Crippen LogP contribution in [0.2, 0.25) is 0 Å². The van der Waals surface area contributed by atoms with Crippen molar-refractivity contribution in [1.82, 2.24) is 0 Å². The summed E-state index contributed by atoms with van der Waals surface area (Å²) in [7, 11) is -3.70. The van der Waals surface area contributed by atoms with Crippen molar-refractivity contribution in [2.75, 3.05) is 10.5 Å². The molecule has 4 N–H and O–H groups in total. The van der Waals surface area contributed by atoms with Gasteiger partial charge in [-0.25, -0.2) is 8.42 Å². The fourth-order valence-corrected chi connectivity index (χ4v) is 2.81. The van der Waals surface area contributed by atoms with Gasteiger partial charge in [0.15, 0.2) is 0 Å². The van der Waals surface area contributed by atoms with Gasteiger partial charge in [-0.2, -0.15) is 0 Å². The maximum absolute atomic E-state index is 12.1. The minimum absolute atomic E-state index is 0.0240. The van der Waals surface area contributed by atoms with Crippen LogP contribution in [-0.2, 0) is 10.0 Å². The molecule has 0 bridgehead atoms. The Morgan fingerprint density at radius 2 is 1.74 bits per heavy atom. The first-order valence-electron chi connectivity index (χ1n) is 5.25. The number of nitrogen functional groups attached to an aromatic ring is 1. The molecule has 0 aliphatic rings. The number of hydrogen-bond acceptors (Lipinski definition) is 4. The highest BCUT2D eigenvalue weighted by Crippen LogP contribution is 2.26. The van der Waals surface area contributed by atoms with Crippen LogP contribution in [0.5, 0.6) is 5.75 Å². The average molecular weight is 343 g/mol. The summed E-state index contributed by atoms with van der Waals surface area (Å²) in [5.74, 6) is -0.0240. The molecule has 0 aliphatic heterocycles. The lowest BCUT2D eigenvalue weighted by Gasteiger charge is -2.10. The van der Waals surface area contributed by atoms with Gasteiger partial charge in [-0.05, 0) is 36.4 Å². The number of anilines is 2. The fraction of sp³-hybridized carbons (Fsp3) is 0. The highest BCUT2D eigenvalue weighted by atomic mass is 79.9. The molecule has 2 aromatic carbocycles. The van der Waals surface area contributed by atoms with Crippen molar-refractivity contribution in [3.8, 4) is 5.75 Å². The zero-order chi connectivity index (χ0) is 14.0. The lowest BCUT2D eigenvalue weighted by atomic mass is 10.2. The van der Waals surface area contributed by atoms with E-state index in [9.17, 15) is 13.5 Å². The van der Waals surface area contributed by atoms with E-state index in [1.165, 1.54) is 30.3 Å². The van der Waals surface area contributed by atoms with Gasteiger partial charge in [-0.3, -0.25) is 4.72 Å². The SMILES string of the molecule is Nc1cc(O)ccc1NS(=O)(=O)c1ccc(Br)cc1. The molecule has 0 saturated heterocycles. The number of benzene rings is 2. The molecular weight excluding hydrogens is 332 g/mol. The van der Waals surface area contributed by atoms with E-state index >= 15 is 0 Å². The molecule has 2 aromatic rings. The van der Waals surface area contributed by atoms with Crippen molar-refractivity contribution in [1.29, 1.82) is 0 Å². The second kappa shape index (κ2) is 5.10. The quantitative estimate of drug-likeness (QED) is 0.590. The number of sulfonamides is 1. The Labute approximate surface area is 119 Å².